The molecule has 0 spiro atoms. The monoisotopic (exact) mass is 844 g/mol. The van der Waals surface area contributed by atoms with Gasteiger partial charge < -0.3 is 9.80 Å². The Morgan fingerprint density at radius 1 is 0.556 bits per heavy atom. The van der Waals surface area contributed by atoms with Crippen LogP contribution in [-0.2, 0) is 27.1 Å². The van der Waals surface area contributed by atoms with E-state index in [1.54, 1.807) is 0 Å². The highest BCUT2D eigenvalue weighted by Gasteiger charge is 2.49. The first-order chi connectivity index (χ1) is 29.5. The van der Waals surface area contributed by atoms with Crippen LogP contribution >= 0.6 is 11.3 Å². The molecule has 63 heavy (non-hydrogen) atoms. The van der Waals surface area contributed by atoms with Gasteiger partial charge in [-0.05, 0) is 145 Å². The van der Waals surface area contributed by atoms with E-state index in [9.17, 15) is 0 Å². The van der Waals surface area contributed by atoms with Crippen molar-refractivity contribution in [3.63, 3.8) is 0 Å². The Hall–Kier alpha value is -5.06. The molecule has 3 aliphatic rings. The third-order valence-corrected chi connectivity index (χ3v) is 16.0. The summed E-state index contributed by atoms with van der Waals surface area (Å²) in [6.45, 7) is 33.4. The fraction of sp³-hybridized carbons (Fsp3) is 0.356. The molecule has 320 valence electrons. The summed E-state index contributed by atoms with van der Waals surface area (Å²) in [5.74, 6) is 0. The van der Waals surface area contributed by atoms with Gasteiger partial charge in [0.2, 0.25) is 0 Å². The summed E-state index contributed by atoms with van der Waals surface area (Å²) in [4.78, 5) is 5.39. The van der Waals surface area contributed by atoms with Crippen LogP contribution in [0, 0.1) is 6.92 Å². The minimum absolute atomic E-state index is 0.00584. The number of anilines is 6. The van der Waals surface area contributed by atoms with E-state index in [4.69, 9.17) is 0 Å². The third-order valence-electron chi connectivity index (χ3n) is 14.8. The maximum Gasteiger partial charge on any atom is 0.264 e. The van der Waals surface area contributed by atoms with E-state index < -0.39 is 0 Å². The zero-order valence-electron chi connectivity index (χ0n) is 40.3. The average molecular weight is 845 g/mol. The van der Waals surface area contributed by atoms with E-state index in [0.717, 1.165) is 6.42 Å². The topological polar surface area (TPSA) is 6.48 Å². The molecule has 7 aromatic rings. The van der Waals surface area contributed by atoms with Gasteiger partial charge in [0.25, 0.3) is 6.71 Å². The second kappa shape index (κ2) is 14.0. The van der Waals surface area contributed by atoms with Crippen LogP contribution < -0.4 is 25.5 Å². The first kappa shape index (κ1) is 41.9. The number of nitrogens with zero attached hydrogens (tertiary/aromatic N) is 2. The molecule has 0 saturated heterocycles. The lowest BCUT2D eigenvalue weighted by Gasteiger charge is -2.49. The highest BCUT2D eigenvalue weighted by molar-refractivity contribution is 7.33. The van der Waals surface area contributed by atoms with Gasteiger partial charge in [0, 0.05) is 43.2 Å². The zero-order valence-corrected chi connectivity index (χ0v) is 41.1. The number of hydrogen-bond acceptors (Lipinski definition) is 3. The van der Waals surface area contributed by atoms with Crippen molar-refractivity contribution in [2.75, 3.05) is 9.80 Å². The minimum Gasteiger partial charge on any atom is -0.310 e. The largest absolute Gasteiger partial charge is 0.310 e. The lowest BCUT2D eigenvalue weighted by atomic mass is 9.35. The normalized spacial score (nSPS) is 16.4. The van der Waals surface area contributed by atoms with Crippen molar-refractivity contribution in [2.24, 2.45) is 0 Å². The van der Waals surface area contributed by atoms with Crippen LogP contribution in [0.15, 0.2) is 115 Å². The Bertz CT molecular complexity index is 2960. The molecule has 0 bridgehead atoms. The Morgan fingerprint density at radius 3 is 1.79 bits per heavy atom. The molecular formula is C59H65BN2S. The second-order valence-electron chi connectivity index (χ2n) is 23.4. The van der Waals surface area contributed by atoms with Crippen molar-refractivity contribution in [3.8, 4) is 11.1 Å². The van der Waals surface area contributed by atoms with Crippen molar-refractivity contribution >= 4 is 78.0 Å². The number of rotatable bonds is 3. The Kier molecular flexibility index (Phi) is 9.30. The van der Waals surface area contributed by atoms with E-state index >= 15 is 0 Å². The van der Waals surface area contributed by atoms with Gasteiger partial charge in [0.1, 0.15) is 0 Å². The molecule has 0 saturated carbocycles. The number of thiophene rings is 1. The molecule has 10 rings (SSSR count). The van der Waals surface area contributed by atoms with Crippen LogP contribution in [0.1, 0.15) is 136 Å². The van der Waals surface area contributed by atoms with E-state index in [0.29, 0.717) is 0 Å². The smallest absolute Gasteiger partial charge is 0.264 e. The number of benzene rings is 6. The number of fused-ring (bicyclic) bond motifs is 8. The summed E-state index contributed by atoms with van der Waals surface area (Å²) >= 11 is 2.01. The van der Waals surface area contributed by atoms with Crippen molar-refractivity contribution in [3.05, 3.63) is 149 Å². The van der Waals surface area contributed by atoms with Crippen LogP contribution in [0.4, 0.5) is 34.1 Å². The summed E-state index contributed by atoms with van der Waals surface area (Å²) in [6.07, 6.45) is 2.31. The van der Waals surface area contributed by atoms with Gasteiger partial charge in [0.15, 0.2) is 0 Å². The Morgan fingerprint density at radius 2 is 1.14 bits per heavy atom. The van der Waals surface area contributed by atoms with Crippen LogP contribution in [-0.4, -0.2) is 6.71 Å². The van der Waals surface area contributed by atoms with E-state index in [2.05, 4.69) is 222 Å². The fourth-order valence-corrected chi connectivity index (χ4v) is 12.3. The van der Waals surface area contributed by atoms with Gasteiger partial charge in [-0.2, -0.15) is 0 Å². The first-order valence-corrected chi connectivity index (χ1v) is 24.2. The molecular weight excluding hydrogens is 780 g/mol. The van der Waals surface area contributed by atoms with E-state index in [-0.39, 0.29) is 33.8 Å². The molecule has 0 atom stereocenters. The Balaban J connectivity index is 1.37. The van der Waals surface area contributed by atoms with Gasteiger partial charge in [-0.25, -0.2) is 0 Å². The van der Waals surface area contributed by atoms with Crippen LogP contribution in [0.25, 0.3) is 21.2 Å². The lowest BCUT2D eigenvalue weighted by molar-refractivity contribution is 0.333. The van der Waals surface area contributed by atoms with Crippen molar-refractivity contribution in [1.82, 2.24) is 0 Å². The molecule has 1 aromatic heterocycles. The lowest BCUT2D eigenvalue weighted by Crippen LogP contribution is -2.61. The first-order valence-electron chi connectivity index (χ1n) is 23.3. The summed E-state index contributed by atoms with van der Waals surface area (Å²) in [5.41, 5.74) is 21.5. The molecule has 0 N–H and O–H groups in total. The zero-order chi connectivity index (χ0) is 44.8. The molecule has 2 nitrogen and oxygen atoms in total. The fourth-order valence-electron chi connectivity index (χ4n) is 11.0. The van der Waals surface area contributed by atoms with E-state index in [1.165, 1.54) is 111 Å². The molecule has 1 aliphatic carbocycles. The molecule has 0 amide bonds. The second-order valence-corrected chi connectivity index (χ2v) is 24.5. The standard InChI is InChI=1S/C59H65BN2S/c1-36-32-47-51-48(33-36)62(46-28-22-39(56(5,6)7)34-42(46)37-18-16-15-17-19-37)53-45(27-26-44-50(53)59(13,14)31-30-58(44,11)12)60(51)54-52(43-35-40(57(8,9)10)23-29-49(43)63-54)61(47)41-24-20-38(21-25-41)55(2,3)4/h15-29,32-35H,30-31H2,1-14H3. The predicted molar refractivity (Wildman–Crippen MR) is 277 cm³/mol. The Labute approximate surface area is 382 Å². The summed E-state index contributed by atoms with van der Waals surface area (Å²) in [5, 5.41) is 1.35. The summed E-state index contributed by atoms with van der Waals surface area (Å²) in [6, 6.07) is 45.3. The number of hydrogen-bond donors (Lipinski definition) is 0. The maximum atomic E-state index is 2.74. The van der Waals surface area contributed by atoms with Crippen LogP contribution in [0.2, 0.25) is 0 Å². The molecule has 0 fully saturated rings. The quantitative estimate of drug-likeness (QED) is 0.164. The molecule has 6 aromatic carbocycles. The molecule has 0 unspecified atom stereocenters. The predicted octanol–water partition coefficient (Wildman–Crippen LogP) is 15.2. The van der Waals surface area contributed by atoms with Crippen LogP contribution in [0.5, 0.6) is 0 Å². The maximum absolute atomic E-state index is 2.74. The molecule has 4 heteroatoms. The van der Waals surface area contributed by atoms with Gasteiger partial charge >= 0.3 is 0 Å². The van der Waals surface area contributed by atoms with Crippen molar-refractivity contribution in [1.29, 1.82) is 0 Å². The van der Waals surface area contributed by atoms with Gasteiger partial charge in [-0.15, -0.1) is 11.3 Å². The highest BCUT2D eigenvalue weighted by Crippen LogP contribution is 2.56. The van der Waals surface area contributed by atoms with Crippen molar-refractivity contribution < 1.29 is 0 Å². The molecule has 3 heterocycles. The van der Waals surface area contributed by atoms with Gasteiger partial charge in [-0.1, -0.05) is 157 Å². The summed E-state index contributed by atoms with van der Waals surface area (Å²) in [7, 11) is 0. The van der Waals surface area contributed by atoms with Crippen molar-refractivity contribution in [2.45, 2.75) is 137 Å². The molecule has 2 aliphatic heterocycles. The van der Waals surface area contributed by atoms with Crippen LogP contribution in [0.3, 0.4) is 0 Å². The number of aryl methyl sites for hydroxylation is 1. The average Bonchev–Trinajstić information content (AvgIpc) is 3.60. The summed E-state index contributed by atoms with van der Waals surface area (Å²) < 4.78 is 2.79. The highest BCUT2D eigenvalue weighted by atomic mass is 32.1. The SMILES string of the molecule is Cc1cc2c3c(c1)N(c1ccc(C(C)(C)C)cc1)c1c(sc4ccc(C(C)(C)C)cc14)B3c1ccc3c(c1N2c1ccc(C(C)(C)C)cc1-c1ccccc1)C(C)(C)CCC3(C)C. The van der Waals surface area contributed by atoms with Gasteiger partial charge in [0.05, 0.1) is 11.4 Å². The van der Waals surface area contributed by atoms with Gasteiger partial charge in [-0.3, -0.25) is 0 Å². The van der Waals surface area contributed by atoms with E-state index in [1.807, 2.05) is 11.3 Å². The molecule has 0 radical (unpaired) electrons. The minimum atomic E-state index is -0.0308. The third kappa shape index (κ3) is 6.64.